The largest absolute Gasteiger partial charge is 0.389 e. The molecule has 2 atom stereocenters. The second-order valence-corrected chi connectivity index (χ2v) is 6.64. The summed E-state index contributed by atoms with van der Waals surface area (Å²) in [7, 11) is 0. The Morgan fingerprint density at radius 1 is 1.17 bits per heavy atom. The molecule has 108 valence electrons. The fraction of sp³-hybridized carbons (Fsp3) is 1.00. The van der Waals surface area contributed by atoms with Crippen LogP contribution in [0.2, 0.25) is 0 Å². The van der Waals surface area contributed by atoms with Gasteiger partial charge in [-0.2, -0.15) is 13.2 Å². The summed E-state index contributed by atoms with van der Waals surface area (Å²) in [4.78, 5) is 0. The molecule has 0 spiro atoms. The third kappa shape index (κ3) is 6.62. The summed E-state index contributed by atoms with van der Waals surface area (Å²) < 4.78 is 35.9. The van der Waals surface area contributed by atoms with Crippen LogP contribution in [0.1, 0.15) is 59.3 Å². The summed E-state index contributed by atoms with van der Waals surface area (Å²) in [6, 6.07) is 0.481. The molecule has 0 radical (unpaired) electrons. The molecule has 0 saturated heterocycles. The summed E-state index contributed by atoms with van der Waals surface area (Å²) in [5.41, 5.74) is 0.362. The van der Waals surface area contributed by atoms with Gasteiger partial charge in [-0.25, -0.2) is 0 Å². The molecule has 0 bridgehead atoms. The second kappa shape index (κ2) is 6.27. The fourth-order valence-electron chi connectivity index (χ4n) is 3.26. The van der Waals surface area contributed by atoms with Crippen LogP contribution in [-0.2, 0) is 0 Å². The van der Waals surface area contributed by atoms with E-state index in [0.29, 0.717) is 30.3 Å². The van der Waals surface area contributed by atoms with E-state index in [0.717, 1.165) is 12.8 Å². The van der Waals surface area contributed by atoms with Crippen molar-refractivity contribution in [1.82, 2.24) is 5.32 Å². The van der Waals surface area contributed by atoms with E-state index in [1.165, 1.54) is 6.42 Å². The molecule has 1 rings (SSSR count). The van der Waals surface area contributed by atoms with Gasteiger partial charge in [0.25, 0.3) is 0 Å². The maximum atomic E-state index is 12.0. The van der Waals surface area contributed by atoms with Crippen molar-refractivity contribution in [1.29, 1.82) is 0 Å². The molecule has 0 aromatic rings. The van der Waals surface area contributed by atoms with Gasteiger partial charge in [0.15, 0.2) is 0 Å². The molecule has 0 aromatic carbocycles. The first kappa shape index (κ1) is 15.8. The first-order chi connectivity index (χ1) is 8.18. The molecule has 2 unspecified atom stereocenters. The quantitative estimate of drug-likeness (QED) is 0.720. The predicted octanol–water partition coefficient (Wildman–Crippen LogP) is 4.52. The van der Waals surface area contributed by atoms with Gasteiger partial charge in [0.1, 0.15) is 0 Å². The molecule has 18 heavy (non-hydrogen) atoms. The average Bonchev–Trinajstić information content (AvgIpc) is 2.11. The third-order valence-corrected chi connectivity index (χ3v) is 3.71. The van der Waals surface area contributed by atoms with Crippen molar-refractivity contribution in [2.45, 2.75) is 71.5 Å². The Labute approximate surface area is 109 Å². The van der Waals surface area contributed by atoms with Gasteiger partial charge in [-0.15, -0.1) is 0 Å². The summed E-state index contributed by atoms with van der Waals surface area (Å²) in [5, 5.41) is 3.43. The molecule has 0 aliphatic heterocycles. The zero-order valence-electron chi connectivity index (χ0n) is 11.7. The number of alkyl halides is 3. The van der Waals surface area contributed by atoms with E-state index in [2.05, 4.69) is 26.1 Å². The maximum absolute atomic E-state index is 12.0. The lowest BCUT2D eigenvalue weighted by Gasteiger charge is -2.39. The molecule has 1 aliphatic carbocycles. The Hall–Kier alpha value is -0.250. The summed E-state index contributed by atoms with van der Waals surface area (Å²) in [6.07, 6.45) is -0.256. The van der Waals surface area contributed by atoms with Crippen molar-refractivity contribution < 1.29 is 13.2 Å². The smallest absolute Gasteiger partial charge is 0.314 e. The van der Waals surface area contributed by atoms with E-state index in [9.17, 15) is 13.2 Å². The predicted molar refractivity (Wildman–Crippen MR) is 68.5 cm³/mol. The highest BCUT2D eigenvalue weighted by molar-refractivity contribution is 4.86. The van der Waals surface area contributed by atoms with Crippen LogP contribution in [0.3, 0.4) is 0 Å². The summed E-state index contributed by atoms with van der Waals surface area (Å²) in [5.74, 6) is 0.710. The highest BCUT2D eigenvalue weighted by Gasteiger charge is 2.31. The van der Waals surface area contributed by atoms with Gasteiger partial charge < -0.3 is 5.32 Å². The molecule has 0 aromatic heterocycles. The first-order valence-corrected chi connectivity index (χ1v) is 6.98. The topological polar surface area (TPSA) is 12.0 Å². The Morgan fingerprint density at radius 3 is 2.39 bits per heavy atom. The minimum atomic E-state index is -4.00. The molecule has 0 amide bonds. The first-order valence-electron chi connectivity index (χ1n) is 6.98. The lowest BCUT2D eigenvalue weighted by Crippen LogP contribution is -2.40. The van der Waals surface area contributed by atoms with Crippen molar-refractivity contribution in [3.63, 3.8) is 0 Å². The van der Waals surface area contributed by atoms with Crippen LogP contribution in [0.15, 0.2) is 0 Å². The number of nitrogens with one attached hydrogen (secondary N) is 1. The fourth-order valence-corrected chi connectivity index (χ4v) is 3.26. The molecule has 1 N–H and O–H groups in total. The molecule has 1 aliphatic rings. The van der Waals surface area contributed by atoms with E-state index < -0.39 is 12.6 Å². The monoisotopic (exact) mass is 265 g/mol. The van der Waals surface area contributed by atoms with Gasteiger partial charge in [0, 0.05) is 12.5 Å². The average molecular weight is 265 g/mol. The highest BCUT2D eigenvalue weighted by Crippen LogP contribution is 2.38. The van der Waals surface area contributed by atoms with Gasteiger partial charge in [-0.3, -0.25) is 0 Å². The lowest BCUT2D eigenvalue weighted by atomic mass is 9.70. The van der Waals surface area contributed by atoms with Gasteiger partial charge >= 0.3 is 6.18 Å². The van der Waals surface area contributed by atoms with E-state index in [4.69, 9.17) is 0 Å². The third-order valence-electron chi connectivity index (χ3n) is 3.71. The molecule has 1 saturated carbocycles. The zero-order valence-corrected chi connectivity index (χ0v) is 11.7. The Balaban J connectivity index is 2.15. The van der Waals surface area contributed by atoms with Crippen molar-refractivity contribution in [3.8, 4) is 0 Å². The number of unbranched alkanes of at least 4 members (excludes halogenated alkanes) is 1. The van der Waals surface area contributed by atoms with Gasteiger partial charge in [-0.1, -0.05) is 20.8 Å². The number of hydrogen-bond acceptors (Lipinski definition) is 1. The van der Waals surface area contributed by atoms with Crippen LogP contribution in [0, 0.1) is 11.3 Å². The van der Waals surface area contributed by atoms with Crippen LogP contribution < -0.4 is 5.32 Å². The normalized spacial score (nSPS) is 28.3. The van der Waals surface area contributed by atoms with Crippen LogP contribution in [0.5, 0.6) is 0 Å². The van der Waals surface area contributed by atoms with Gasteiger partial charge in [0.05, 0.1) is 0 Å². The maximum Gasteiger partial charge on any atom is 0.389 e. The van der Waals surface area contributed by atoms with E-state index in [-0.39, 0.29) is 6.42 Å². The second-order valence-electron chi connectivity index (χ2n) is 6.64. The number of rotatable bonds is 5. The van der Waals surface area contributed by atoms with Crippen LogP contribution >= 0.6 is 0 Å². The molecule has 1 nitrogen and oxygen atoms in total. The summed E-state index contributed by atoms with van der Waals surface area (Å²) in [6.45, 7) is 7.53. The van der Waals surface area contributed by atoms with E-state index >= 15 is 0 Å². The van der Waals surface area contributed by atoms with Gasteiger partial charge in [-0.05, 0) is 50.0 Å². The number of hydrogen-bond donors (Lipinski definition) is 1. The van der Waals surface area contributed by atoms with Crippen LogP contribution in [-0.4, -0.2) is 18.8 Å². The minimum Gasteiger partial charge on any atom is -0.314 e. The van der Waals surface area contributed by atoms with Crippen molar-refractivity contribution in [2.75, 3.05) is 6.54 Å². The molecule has 4 heteroatoms. The van der Waals surface area contributed by atoms with E-state index in [1.54, 1.807) is 0 Å². The Morgan fingerprint density at radius 2 is 1.83 bits per heavy atom. The van der Waals surface area contributed by atoms with Crippen molar-refractivity contribution in [3.05, 3.63) is 0 Å². The summed E-state index contributed by atoms with van der Waals surface area (Å²) >= 11 is 0. The SMILES string of the molecule is CC1CC(NCCCCC(F)(F)F)CC(C)(C)C1. The Kier molecular flexibility index (Phi) is 5.50. The highest BCUT2D eigenvalue weighted by atomic mass is 19.4. The van der Waals surface area contributed by atoms with Crippen LogP contribution in [0.25, 0.3) is 0 Å². The Bertz CT molecular complexity index is 248. The van der Waals surface area contributed by atoms with Crippen LogP contribution in [0.4, 0.5) is 13.2 Å². The van der Waals surface area contributed by atoms with Crippen molar-refractivity contribution >= 4 is 0 Å². The molecular weight excluding hydrogens is 239 g/mol. The minimum absolute atomic E-state index is 0.238. The molecule has 1 fully saturated rings. The van der Waals surface area contributed by atoms with Crippen molar-refractivity contribution in [2.24, 2.45) is 11.3 Å². The lowest BCUT2D eigenvalue weighted by molar-refractivity contribution is -0.135. The van der Waals surface area contributed by atoms with E-state index in [1.807, 2.05) is 0 Å². The standard InChI is InChI=1S/C14H26F3N/c1-11-8-12(10-13(2,3)9-11)18-7-5-4-6-14(15,16)17/h11-12,18H,4-10H2,1-3H3. The molecular formula is C14H26F3N. The number of halogens is 3. The zero-order chi connectivity index (χ0) is 13.8. The molecule has 0 heterocycles. The van der Waals surface area contributed by atoms with Gasteiger partial charge in [0.2, 0.25) is 0 Å².